The van der Waals surface area contributed by atoms with Crippen LogP contribution in [0.5, 0.6) is 0 Å². The molecule has 0 amide bonds. The van der Waals surface area contributed by atoms with Gasteiger partial charge in [-0.15, -0.1) is 0 Å². The molecule has 0 atom stereocenters. The van der Waals surface area contributed by atoms with Gasteiger partial charge in [-0.1, -0.05) is 17.7 Å². The van der Waals surface area contributed by atoms with Crippen LogP contribution in [0.25, 0.3) is 11.5 Å². The SMILES string of the molecule is CNC(=S)N/N=C/C(=N/NC(=S)NC)C1CCN(Cc2nc(-c3cccc(C)c3)oc2C)CC1. The number of hydrazone groups is 2. The molecule has 2 aromatic rings. The van der Waals surface area contributed by atoms with Gasteiger partial charge in [-0.25, -0.2) is 4.98 Å². The number of thiocarbonyl (C=S) groups is 2. The number of hydrogen-bond donors (Lipinski definition) is 4. The van der Waals surface area contributed by atoms with Crippen LogP contribution in [0, 0.1) is 19.8 Å². The fourth-order valence-corrected chi connectivity index (χ4v) is 3.78. The summed E-state index contributed by atoms with van der Waals surface area (Å²) in [7, 11) is 3.49. The summed E-state index contributed by atoms with van der Waals surface area (Å²) < 4.78 is 5.97. The molecule has 0 aliphatic carbocycles. The lowest BCUT2D eigenvalue weighted by Gasteiger charge is -2.31. The van der Waals surface area contributed by atoms with Gasteiger partial charge in [0, 0.05) is 32.1 Å². The van der Waals surface area contributed by atoms with Crippen molar-refractivity contribution in [3.05, 3.63) is 41.3 Å². The highest BCUT2D eigenvalue weighted by Gasteiger charge is 2.24. The Balaban J connectivity index is 1.62. The molecule has 1 fully saturated rings. The maximum absolute atomic E-state index is 5.97. The Morgan fingerprint density at radius 2 is 1.85 bits per heavy atom. The predicted molar refractivity (Wildman–Crippen MR) is 145 cm³/mol. The maximum Gasteiger partial charge on any atom is 0.226 e. The summed E-state index contributed by atoms with van der Waals surface area (Å²) in [5, 5.41) is 15.3. The van der Waals surface area contributed by atoms with E-state index in [1.165, 1.54) is 5.56 Å². The largest absolute Gasteiger partial charge is 0.441 e. The summed E-state index contributed by atoms with van der Waals surface area (Å²) in [6.07, 6.45) is 3.58. The minimum Gasteiger partial charge on any atom is -0.441 e. The third-order valence-electron chi connectivity index (χ3n) is 5.64. The summed E-state index contributed by atoms with van der Waals surface area (Å²) >= 11 is 10.2. The topological polar surface area (TPSA) is 102 Å². The molecule has 2 heterocycles. The number of piperidine rings is 1. The first-order valence-corrected chi connectivity index (χ1v) is 12.0. The molecule has 0 unspecified atom stereocenters. The molecule has 182 valence electrons. The van der Waals surface area contributed by atoms with Crippen LogP contribution in [-0.4, -0.2) is 59.2 Å². The highest BCUT2D eigenvalue weighted by molar-refractivity contribution is 7.80. The Morgan fingerprint density at radius 1 is 1.15 bits per heavy atom. The summed E-state index contributed by atoms with van der Waals surface area (Å²) in [6.45, 7) is 6.65. The smallest absolute Gasteiger partial charge is 0.226 e. The highest BCUT2D eigenvalue weighted by atomic mass is 32.1. The molecule has 1 aromatic heterocycles. The van der Waals surface area contributed by atoms with Crippen LogP contribution in [0.3, 0.4) is 0 Å². The molecule has 9 nitrogen and oxygen atoms in total. The third kappa shape index (κ3) is 7.31. The highest BCUT2D eigenvalue weighted by Crippen LogP contribution is 2.25. The van der Waals surface area contributed by atoms with Gasteiger partial charge in [0.25, 0.3) is 0 Å². The molecule has 4 N–H and O–H groups in total. The normalized spacial score (nSPS) is 15.4. The van der Waals surface area contributed by atoms with E-state index in [1.807, 2.05) is 19.1 Å². The monoisotopic (exact) mass is 500 g/mol. The molecular weight excluding hydrogens is 468 g/mol. The zero-order valence-electron chi connectivity index (χ0n) is 20.0. The van der Waals surface area contributed by atoms with Gasteiger partial charge in [0.2, 0.25) is 5.89 Å². The average molecular weight is 501 g/mol. The number of oxazole rings is 1. The average Bonchev–Trinajstić information content (AvgIpc) is 3.21. The first kappa shape index (κ1) is 25.7. The van der Waals surface area contributed by atoms with E-state index in [4.69, 9.17) is 33.8 Å². The number of hydrogen-bond acceptors (Lipinski definition) is 7. The Kier molecular flexibility index (Phi) is 9.49. The van der Waals surface area contributed by atoms with Crippen molar-refractivity contribution in [3.8, 4) is 11.5 Å². The van der Waals surface area contributed by atoms with E-state index >= 15 is 0 Å². The van der Waals surface area contributed by atoms with E-state index in [1.54, 1.807) is 20.3 Å². The Morgan fingerprint density at radius 3 is 2.53 bits per heavy atom. The second kappa shape index (κ2) is 12.5. The van der Waals surface area contributed by atoms with Crippen molar-refractivity contribution < 1.29 is 4.42 Å². The number of likely N-dealkylation sites (tertiary alicyclic amines) is 1. The standard InChI is InChI=1S/C23H32N8OS2/c1-15-6-5-7-18(12-15)21-27-20(16(2)32-21)14-31-10-8-17(9-11-31)19(28-30-23(34)25-4)13-26-29-22(33)24-3/h5-7,12-13,17H,8-11,14H2,1-4H3,(H2,24,29,33)(H2,25,30,34)/b26-13+,28-19-. The minimum absolute atomic E-state index is 0.248. The van der Waals surface area contributed by atoms with Crippen molar-refractivity contribution in [2.24, 2.45) is 16.1 Å². The second-order valence-electron chi connectivity index (χ2n) is 8.12. The van der Waals surface area contributed by atoms with Crippen LogP contribution in [-0.2, 0) is 6.54 Å². The molecule has 1 aromatic carbocycles. The number of nitrogens with one attached hydrogen (secondary N) is 4. The van der Waals surface area contributed by atoms with E-state index in [9.17, 15) is 0 Å². The fourth-order valence-electron chi connectivity index (χ4n) is 3.68. The Labute approximate surface area is 211 Å². The molecule has 1 saturated heterocycles. The molecule has 1 aliphatic heterocycles. The Hall–Kier alpha value is -2.89. The van der Waals surface area contributed by atoms with Gasteiger partial charge in [0.05, 0.1) is 17.6 Å². The van der Waals surface area contributed by atoms with Crippen LogP contribution in [0.4, 0.5) is 0 Å². The van der Waals surface area contributed by atoms with Gasteiger partial charge < -0.3 is 15.1 Å². The van der Waals surface area contributed by atoms with E-state index in [2.05, 4.69) is 55.6 Å². The van der Waals surface area contributed by atoms with Gasteiger partial charge in [0.15, 0.2) is 10.2 Å². The van der Waals surface area contributed by atoms with Crippen molar-refractivity contribution in [1.82, 2.24) is 31.4 Å². The fraction of sp³-hybridized carbons (Fsp3) is 0.435. The van der Waals surface area contributed by atoms with Crippen LogP contribution in [0.15, 0.2) is 38.9 Å². The van der Waals surface area contributed by atoms with Crippen molar-refractivity contribution in [2.75, 3.05) is 27.2 Å². The van der Waals surface area contributed by atoms with Gasteiger partial charge in [0.1, 0.15) is 5.76 Å². The van der Waals surface area contributed by atoms with Crippen molar-refractivity contribution in [2.45, 2.75) is 33.2 Å². The van der Waals surface area contributed by atoms with Gasteiger partial charge in [-0.05, 0) is 76.3 Å². The van der Waals surface area contributed by atoms with E-state index in [0.717, 1.165) is 55.2 Å². The van der Waals surface area contributed by atoms with E-state index < -0.39 is 0 Å². The lowest BCUT2D eigenvalue weighted by atomic mass is 9.92. The quantitative estimate of drug-likeness (QED) is 0.260. The third-order valence-corrected chi connectivity index (χ3v) is 6.23. The van der Waals surface area contributed by atoms with Crippen LogP contribution in [0.1, 0.15) is 29.9 Å². The zero-order chi connectivity index (χ0) is 24.5. The first-order valence-electron chi connectivity index (χ1n) is 11.2. The lowest BCUT2D eigenvalue weighted by molar-refractivity contribution is 0.199. The van der Waals surface area contributed by atoms with Gasteiger partial charge in [-0.3, -0.25) is 15.8 Å². The van der Waals surface area contributed by atoms with Crippen molar-refractivity contribution >= 4 is 46.6 Å². The number of benzene rings is 1. The molecule has 0 spiro atoms. The summed E-state index contributed by atoms with van der Waals surface area (Å²) in [5.74, 6) is 1.79. The lowest BCUT2D eigenvalue weighted by Crippen LogP contribution is -2.38. The van der Waals surface area contributed by atoms with Crippen LogP contribution < -0.4 is 21.5 Å². The number of aryl methyl sites for hydroxylation is 2. The van der Waals surface area contributed by atoms with Gasteiger partial charge in [-0.2, -0.15) is 10.2 Å². The maximum atomic E-state index is 5.97. The van der Waals surface area contributed by atoms with Crippen LogP contribution in [0.2, 0.25) is 0 Å². The number of nitrogens with zero attached hydrogens (tertiary/aromatic N) is 4. The molecule has 0 saturated carbocycles. The van der Waals surface area contributed by atoms with Gasteiger partial charge >= 0.3 is 0 Å². The van der Waals surface area contributed by atoms with E-state index in [-0.39, 0.29) is 5.92 Å². The zero-order valence-corrected chi connectivity index (χ0v) is 21.6. The van der Waals surface area contributed by atoms with Crippen molar-refractivity contribution in [3.63, 3.8) is 0 Å². The molecule has 3 rings (SSSR count). The summed E-state index contributed by atoms with van der Waals surface area (Å²) in [5.41, 5.74) is 9.64. The predicted octanol–water partition coefficient (Wildman–Crippen LogP) is 2.70. The molecule has 11 heteroatoms. The molecule has 0 radical (unpaired) electrons. The molecule has 0 bridgehead atoms. The summed E-state index contributed by atoms with van der Waals surface area (Å²) in [4.78, 5) is 7.18. The van der Waals surface area contributed by atoms with Crippen molar-refractivity contribution in [1.29, 1.82) is 0 Å². The summed E-state index contributed by atoms with van der Waals surface area (Å²) in [6, 6.07) is 8.22. The Bertz CT molecular complexity index is 1060. The molecule has 34 heavy (non-hydrogen) atoms. The number of aromatic nitrogens is 1. The number of rotatable bonds is 7. The molecule has 1 aliphatic rings. The second-order valence-corrected chi connectivity index (χ2v) is 8.94. The van der Waals surface area contributed by atoms with E-state index in [0.29, 0.717) is 16.1 Å². The first-order chi connectivity index (χ1) is 16.4. The van der Waals surface area contributed by atoms with Crippen LogP contribution >= 0.6 is 24.4 Å². The minimum atomic E-state index is 0.248. The molecular formula is C23H32N8OS2.